The van der Waals surface area contributed by atoms with Gasteiger partial charge in [-0.05, 0) is 31.0 Å². The van der Waals surface area contributed by atoms with Gasteiger partial charge in [-0.3, -0.25) is 0 Å². The molecule has 1 aliphatic rings. The van der Waals surface area contributed by atoms with Crippen LogP contribution in [0.5, 0.6) is 5.75 Å². The maximum atomic E-state index is 13.3. The Balaban J connectivity index is 1.83. The standard InChI is InChI=1S/C16H19FN2O2/c17-12-8-9-14(20)13(10-12)16-18-15(19-21-16)11-6-4-2-1-3-5-7-11/h8-11,20H,1-7H2. The molecular formula is C16H19FN2O2. The molecule has 1 heterocycles. The van der Waals surface area contributed by atoms with E-state index in [9.17, 15) is 9.50 Å². The maximum absolute atomic E-state index is 13.3. The van der Waals surface area contributed by atoms with Crippen molar-refractivity contribution in [2.45, 2.75) is 50.9 Å². The highest BCUT2D eigenvalue weighted by atomic mass is 19.1. The van der Waals surface area contributed by atoms with Crippen LogP contribution in [-0.4, -0.2) is 15.2 Å². The van der Waals surface area contributed by atoms with Crippen LogP contribution in [0.1, 0.15) is 56.7 Å². The summed E-state index contributed by atoms with van der Waals surface area (Å²) < 4.78 is 18.5. The molecule has 2 aromatic rings. The minimum Gasteiger partial charge on any atom is -0.507 e. The summed E-state index contributed by atoms with van der Waals surface area (Å²) in [5.74, 6) is 0.677. The fraction of sp³-hybridized carbons (Fsp3) is 0.500. The zero-order chi connectivity index (χ0) is 14.7. The number of hydrogen-bond donors (Lipinski definition) is 1. The van der Waals surface area contributed by atoms with E-state index in [2.05, 4.69) is 10.1 Å². The number of nitrogens with zero attached hydrogens (tertiary/aromatic N) is 2. The Morgan fingerprint density at radius 2 is 1.81 bits per heavy atom. The molecule has 1 saturated carbocycles. The summed E-state index contributed by atoms with van der Waals surface area (Å²) in [6.07, 6.45) is 8.31. The molecule has 0 bridgehead atoms. The molecule has 1 aromatic heterocycles. The van der Waals surface area contributed by atoms with E-state index in [1.807, 2.05) is 0 Å². The highest BCUT2D eigenvalue weighted by Crippen LogP contribution is 2.33. The van der Waals surface area contributed by atoms with Crippen molar-refractivity contribution in [1.82, 2.24) is 10.1 Å². The van der Waals surface area contributed by atoms with Crippen molar-refractivity contribution in [3.63, 3.8) is 0 Å². The summed E-state index contributed by atoms with van der Waals surface area (Å²) in [5.41, 5.74) is 0.250. The largest absolute Gasteiger partial charge is 0.507 e. The number of phenolic OH excluding ortho intramolecular Hbond substituents is 1. The summed E-state index contributed by atoms with van der Waals surface area (Å²) in [5, 5.41) is 13.8. The van der Waals surface area contributed by atoms with Crippen molar-refractivity contribution in [3.05, 3.63) is 29.8 Å². The summed E-state index contributed by atoms with van der Waals surface area (Å²) >= 11 is 0. The van der Waals surface area contributed by atoms with Gasteiger partial charge in [-0.1, -0.05) is 37.3 Å². The molecule has 5 heteroatoms. The summed E-state index contributed by atoms with van der Waals surface area (Å²) in [6.45, 7) is 0. The van der Waals surface area contributed by atoms with E-state index < -0.39 is 5.82 Å². The van der Waals surface area contributed by atoms with E-state index in [1.165, 1.54) is 50.3 Å². The zero-order valence-corrected chi connectivity index (χ0v) is 11.9. The highest BCUT2D eigenvalue weighted by molar-refractivity contribution is 5.61. The van der Waals surface area contributed by atoms with Crippen LogP contribution in [0.25, 0.3) is 11.5 Å². The molecule has 0 radical (unpaired) electrons. The van der Waals surface area contributed by atoms with Crippen LogP contribution in [0, 0.1) is 5.82 Å². The van der Waals surface area contributed by atoms with Gasteiger partial charge in [0.2, 0.25) is 0 Å². The van der Waals surface area contributed by atoms with Gasteiger partial charge in [0.15, 0.2) is 5.82 Å². The van der Waals surface area contributed by atoms with Gasteiger partial charge < -0.3 is 9.63 Å². The fourth-order valence-electron chi connectivity index (χ4n) is 2.90. The molecule has 21 heavy (non-hydrogen) atoms. The summed E-state index contributed by atoms with van der Waals surface area (Å²) in [4.78, 5) is 4.37. The van der Waals surface area contributed by atoms with Crippen molar-refractivity contribution in [1.29, 1.82) is 0 Å². The van der Waals surface area contributed by atoms with Gasteiger partial charge in [0, 0.05) is 5.92 Å². The minimum atomic E-state index is -0.437. The van der Waals surface area contributed by atoms with Gasteiger partial charge in [-0.25, -0.2) is 4.39 Å². The van der Waals surface area contributed by atoms with Crippen molar-refractivity contribution >= 4 is 0 Å². The van der Waals surface area contributed by atoms with Crippen LogP contribution in [-0.2, 0) is 0 Å². The second-order valence-electron chi connectivity index (χ2n) is 5.66. The van der Waals surface area contributed by atoms with Gasteiger partial charge >= 0.3 is 0 Å². The average Bonchev–Trinajstić information content (AvgIpc) is 2.90. The Labute approximate surface area is 123 Å². The fourth-order valence-corrected chi connectivity index (χ4v) is 2.90. The van der Waals surface area contributed by atoms with Crippen LogP contribution < -0.4 is 0 Å². The molecule has 1 N–H and O–H groups in total. The van der Waals surface area contributed by atoms with E-state index in [0.29, 0.717) is 11.7 Å². The lowest BCUT2D eigenvalue weighted by molar-refractivity contribution is 0.391. The molecule has 0 spiro atoms. The number of phenols is 1. The number of halogens is 1. The van der Waals surface area contributed by atoms with Gasteiger partial charge in [0.1, 0.15) is 11.6 Å². The van der Waals surface area contributed by atoms with E-state index >= 15 is 0 Å². The Kier molecular flexibility index (Phi) is 4.18. The molecule has 1 fully saturated rings. The number of rotatable bonds is 2. The van der Waals surface area contributed by atoms with Gasteiger partial charge in [-0.15, -0.1) is 0 Å². The SMILES string of the molecule is Oc1ccc(F)cc1-c1nc(C2CCCCCCC2)no1. The molecule has 4 nitrogen and oxygen atoms in total. The molecule has 112 valence electrons. The van der Waals surface area contributed by atoms with Crippen molar-refractivity contribution < 1.29 is 14.0 Å². The molecule has 0 saturated heterocycles. The molecule has 0 atom stereocenters. The van der Waals surface area contributed by atoms with Crippen LogP contribution in [0.4, 0.5) is 4.39 Å². The average molecular weight is 290 g/mol. The van der Waals surface area contributed by atoms with E-state index in [1.54, 1.807) is 0 Å². The third-order valence-electron chi connectivity index (χ3n) is 4.10. The Morgan fingerprint density at radius 1 is 1.10 bits per heavy atom. The molecule has 1 aliphatic carbocycles. The van der Waals surface area contributed by atoms with Crippen molar-refractivity contribution in [2.75, 3.05) is 0 Å². The highest BCUT2D eigenvalue weighted by Gasteiger charge is 2.21. The molecule has 0 aliphatic heterocycles. The Morgan fingerprint density at radius 3 is 2.57 bits per heavy atom. The second kappa shape index (κ2) is 6.24. The Bertz CT molecular complexity index is 604. The number of aromatic nitrogens is 2. The van der Waals surface area contributed by atoms with Gasteiger partial charge in [0.25, 0.3) is 5.89 Å². The van der Waals surface area contributed by atoms with Crippen molar-refractivity contribution in [3.8, 4) is 17.2 Å². The molecular weight excluding hydrogens is 271 g/mol. The lowest BCUT2D eigenvalue weighted by atomic mass is 9.91. The number of aromatic hydroxyl groups is 1. The lowest BCUT2D eigenvalue weighted by Gasteiger charge is -2.15. The minimum absolute atomic E-state index is 0.0516. The smallest absolute Gasteiger partial charge is 0.261 e. The first-order valence-corrected chi connectivity index (χ1v) is 7.56. The maximum Gasteiger partial charge on any atom is 0.261 e. The predicted octanol–water partition coefficient (Wildman–Crippen LogP) is 4.41. The molecule has 1 aromatic carbocycles. The zero-order valence-electron chi connectivity index (χ0n) is 11.9. The molecule has 0 unspecified atom stereocenters. The van der Waals surface area contributed by atoms with E-state index in [0.717, 1.165) is 12.8 Å². The molecule has 0 amide bonds. The Hall–Kier alpha value is -1.91. The van der Waals surface area contributed by atoms with Crippen LogP contribution in [0.15, 0.2) is 22.7 Å². The van der Waals surface area contributed by atoms with Crippen LogP contribution >= 0.6 is 0 Å². The first-order valence-electron chi connectivity index (χ1n) is 7.56. The first-order chi connectivity index (χ1) is 10.2. The van der Waals surface area contributed by atoms with Gasteiger partial charge in [0.05, 0.1) is 5.56 Å². The summed E-state index contributed by atoms with van der Waals surface area (Å²) in [7, 11) is 0. The number of benzene rings is 1. The van der Waals surface area contributed by atoms with E-state index in [4.69, 9.17) is 4.52 Å². The quantitative estimate of drug-likeness (QED) is 0.890. The normalized spacial score (nSPS) is 17.4. The topological polar surface area (TPSA) is 59.2 Å². The number of hydrogen-bond acceptors (Lipinski definition) is 4. The molecule has 3 rings (SSSR count). The van der Waals surface area contributed by atoms with E-state index in [-0.39, 0.29) is 17.2 Å². The lowest BCUT2D eigenvalue weighted by Crippen LogP contribution is -2.04. The monoisotopic (exact) mass is 290 g/mol. The van der Waals surface area contributed by atoms with Gasteiger partial charge in [-0.2, -0.15) is 4.98 Å². The third-order valence-corrected chi connectivity index (χ3v) is 4.10. The predicted molar refractivity (Wildman–Crippen MR) is 76.4 cm³/mol. The van der Waals surface area contributed by atoms with Crippen LogP contribution in [0.2, 0.25) is 0 Å². The van der Waals surface area contributed by atoms with Crippen molar-refractivity contribution in [2.24, 2.45) is 0 Å². The summed E-state index contributed by atoms with van der Waals surface area (Å²) in [6, 6.07) is 3.71. The second-order valence-corrected chi connectivity index (χ2v) is 5.66. The van der Waals surface area contributed by atoms with Crippen LogP contribution in [0.3, 0.4) is 0 Å². The first kappa shape index (κ1) is 14.0. The third kappa shape index (κ3) is 3.23.